The van der Waals surface area contributed by atoms with Crippen molar-refractivity contribution in [3.8, 4) is 11.1 Å². The lowest BCUT2D eigenvalue weighted by molar-refractivity contribution is 1.13. The SMILES string of the molecule is Ic1cccc(-c2c[c]c(C3CC3)cc2)c1. The summed E-state index contributed by atoms with van der Waals surface area (Å²) in [5, 5.41) is 0. The minimum atomic E-state index is 0.796. The number of hydrogen-bond donors (Lipinski definition) is 0. The van der Waals surface area contributed by atoms with Gasteiger partial charge in [-0.2, -0.15) is 0 Å². The lowest BCUT2D eigenvalue weighted by Crippen LogP contribution is -1.82. The van der Waals surface area contributed by atoms with Crippen LogP contribution in [-0.4, -0.2) is 0 Å². The van der Waals surface area contributed by atoms with Gasteiger partial charge < -0.3 is 0 Å². The first-order valence-corrected chi connectivity index (χ1v) is 6.68. The van der Waals surface area contributed by atoms with Crippen molar-refractivity contribution >= 4 is 22.6 Å². The summed E-state index contributed by atoms with van der Waals surface area (Å²) < 4.78 is 1.28. The Balaban J connectivity index is 1.94. The summed E-state index contributed by atoms with van der Waals surface area (Å²) in [5.41, 5.74) is 3.93. The third-order valence-electron chi connectivity index (χ3n) is 3.01. The van der Waals surface area contributed by atoms with E-state index in [1.54, 1.807) is 0 Å². The zero-order chi connectivity index (χ0) is 11.0. The molecule has 2 aromatic carbocycles. The Labute approximate surface area is 110 Å². The van der Waals surface area contributed by atoms with Crippen molar-refractivity contribution in [2.24, 2.45) is 0 Å². The van der Waals surface area contributed by atoms with Gasteiger partial charge >= 0.3 is 0 Å². The van der Waals surface area contributed by atoms with Crippen LogP contribution in [0, 0.1) is 9.64 Å². The molecule has 1 aliphatic rings. The van der Waals surface area contributed by atoms with Crippen molar-refractivity contribution in [1.82, 2.24) is 0 Å². The molecule has 2 aromatic rings. The molecule has 0 atom stereocenters. The zero-order valence-electron chi connectivity index (χ0n) is 8.91. The largest absolute Gasteiger partial charge is 0.0606 e. The molecule has 0 saturated heterocycles. The van der Waals surface area contributed by atoms with E-state index < -0.39 is 0 Å². The summed E-state index contributed by atoms with van der Waals surface area (Å²) in [6, 6.07) is 18.6. The number of hydrogen-bond acceptors (Lipinski definition) is 0. The van der Waals surface area contributed by atoms with Gasteiger partial charge in [0.05, 0.1) is 0 Å². The molecule has 0 bridgehead atoms. The van der Waals surface area contributed by atoms with Crippen LogP contribution in [-0.2, 0) is 0 Å². The highest BCUT2D eigenvalue weighted by Crippen LogP contribution is 2.40. The Morgan fingerprint density at radius 2 is 1.94 bits per heavy atom. The molecule has 1 fully saturated rings. The highest BCUT2D eigenvalue weighted by atomic mass is 127. The molecule has 0 N–H and O–H groups in total. The van der Waals surface area contributed by atoms with Gasteiger partial charge in [0, 0.05) is 3.57 Å². The van der Waals surface area contributed by atoms with Crippen molar-refractivity contribution in [3.05, 3.63) is 57.7 Å². The van der Waals surface area contributed by atoms with Gasteiger partial charge in [0.1, 0.15) is 0 Å². The minimum Gasteiger partial charge on any atom is -0.0606 e. The van der Waals surface area contributed by atoms with E-state index in [1.165, 1.54) is 33.1 Å². The van der Waals surface area contributed by atoms with Gasteiger partial charge in [-0.3, -0.25) is 0 Å². The highest BCUT2D eigenvalue weighted by molar-refractivity contribution is 14.1. The van der Waals surface area contributed by atoms with Crippen molar-refractivity contribution in [2.45, 2.75) is 18.8 Å². The minimum absolute atomic E-state index is 0.796. The van der Waals surface area contributed by atoms with E-state index in [0.29, 0.717) is 0 Å². The lowest BCUT2D eigenvalue weighted by atomic mass is 10.0. The average molecular weight is 319 g/mol. The van der Waals surface area contributed by atoms with Crippen LogP contribution in [0.15, 0.2) is 42.5 Å². The van der Waals surface area contributed by atoms with Gasteiger partial charge in [0.25, 0.3) is 0 Å². The molecular weight excluding hydrogens is 307 g/mol. The fourth-order valence-electron chi connectivity index (χ4n) is 1.93. The molecule has 1 aliphatic carbocycles. The summed E-state index contributed by atoms with van der Waals surface area (Å²) in [5.74, 6) is 0.796. The summed E-state index contributed by atoms with van der Waals surface area (Å²) in [6.07, 6.45) is 2.69. The molecule has 1 saturated carbocycles. The second-order valence-corrected chi connectivity index (χ2v) is 5.56. The fraction of sp³-hybridized carbons (Fsp3) is 0.200. The smallest absolute Gasteiger partial charge is 0.0136 e. The molecule has 0 nitrogen and oxygen atoms in total. The van der Waals surface area contributed by atoms with E-state index in [1.807, 2.05) is 0 Å². The Morgan fingerprint density at radius 1 is 1.06 bits per heavy atom. The van der Waals surface area contributed by atoms with Crippen molar-refractivity contribution in [3.63, 3.8) is 0 Å². The van der Waals surface area contributed by atoms with Gasteiger partial charge in [-0.05, 0) is 82.3 Å². The molecule has 3 rings (SSSR count). The van der Waals surface area contributed by atoms with Crippen molar-refractivity contribution in [1.29, 1.82) is 0 Å². The molecule has 0 heterocycles. The van der Waals surface area contributed by atoms with Crippen LogP contribution in [0.2, 0.25) is 0 Å². The molecule has 1 radical (unpaired) electrons. The molecule has 16 heavy (non-hydrogen) atoms. The Morgan fingerprint density at radius 3 is 2.56 bits per heavy atom. The second-order valence-electron chi connectivity index (χ2n) is 4.32. The van der Waals surface area contributed by atoms with E-state index in [-0.39, 0.29) is 0 Å². The first-order valence-electron chi connectivity index (χ1n) is 5.60. The highest BCUT2D eigenvalue weighted by Gasteiger charge is 2.23. The number of halogens is 1. The van der Waals surface area contributed by atoms with Gasteiger partial charge in [-0.15, -0.1) is 0 Å². The van der Waals surface area contributed by atoms with Crippen LogP contribution < -0.4 is 0 Å². The van der Waals surface area contributed by atoms with E-state index in [4.69, 9.17) is 0 Å². The quantitative estimate of drug-likeness (QED) is 0.708. The Kier molecular flexibility index (Phi) is 2.72. The first-order chi connectivity index (χ1) is 7.83. The molecule has 0 amide bonds. The van der Waals surface area contributed by atoms with Gasteiger partial charge in [-0.25, -0.2) is 0 Å². The predicted octanol–water partition coefficient (Wildman–Crippen LogP) is 4.64. The molecule has 0 aromatic heterocycles. The topological polar surface area (TPSA) is 0 Å². The maximum absolute atomic E-state index is 3.41. The number of benzene rings is 2. The van der Waals surface area contributed by atoms with E-state index in [2.05, 4.69) is 71.1 Å². The standard InChI is InChI=1S/C15H12I/c16-15-3-1-2-14(10-15)13-8-6-12(7-9-13)11-4-5-11/h1-3,6,8-11H,4-5H2. The van der Waals surface area contributed by atoms with Crippen LogP contribution in [0.1, 0.15) is 24.3 Å². The number of rotatable bonds is 2. The zero-order valence-corrected chi connectivity index (χ0v) is 11.1. The van der Waals surface area contributed by atoms with E-state index in [9.17, 15) is 0 Å². The monoisotopic (exact) mass is 319 g/mol. The van der Waals surface area contributed by atoms with E-state index in [0.717, 1.165) is 5.92 Å². The van der Waals surface area contributed by atoms with E-state index >= 15 is 0 Å². The third kappa shape index (κ3) is 2.14. The lowest BCUT2D eigenvalue weighted by Gasteiger charge is -2.03. The van der Waals surface area contributed by atoms with Crippen LogP contribution in [0.3, 0.4) is 0 Å². The third-order valence-corrected chi connectivity index (χ3v) is 3.68. The summed E-state index contributed by atoms with van der Waals surface area (Å²) >= 11 is 2.35. The average Bonchev–Trinajstić information content (AvgIpc) is 3.13. The Hall–Kier alpha value is -0.830. The van der Waals surface area contributed by atoms with Crippen LogP contribution in [0.25, 0.3) is 11.1 Å². The van der Waals surface area contributed by atoms with Crippen molar-refractivity contribution in [2.75, 3.05) is 0 Å². The molecule has 0 unspecified atom stereocenters. The maximum Gasteiger partial charge on any atom is 0.0136 e. The summed E-state index contributed by atoms with van der Waals surface area (Å²) in [7, 11) is 0. The summed E-state index contributed by atoms with van der Waals surface area (Å²) in [4.78, 5) is 0. The van der Waals surface area contributed by atoms with Gasteiger partial charge in [-0.1, -0.05) is 24.3 Å². The van der Waals surface area contributed by atoms with Crippen LogP contribution >= 0.6 is 22.6 Å². The van der Waals surface area contributed by atoms with Crippen LogP contribution in [0.4, 0.5) is 0 Å². The normalized spacial score (nSPS) is 15.1. The molecular formula is C15H12I. The maximum atomic E-state index is 3.41. The first kappa shape index (κ1) is 10.3. The van der Waals surface area contributed by atoms with Crippen molar-refractivity contribution < 1.29 is 0 Å². The molecule has 0 aliphatic heterocycles. The predicted molar refractivity (Wildman–Crippen MR) is 75.4 cm³/mol. The van der Waals surface area contributed by atoms with Crippen LogP contribution in [0.5, 0.6) is 0 Å². The molecule has 1 heteroatoms. The summed E-state index contributed by atoms with van der Waals surface area (Å²) in [6.45, 7) is 0. The fourth-order valence-corrected chi connectivity index (χ4v) is 2.48. The molecule has 79 valence electrons. The Bertz CT molecular complexity index is 495. The molecule has 0 spiro atoms. The second kappa shape index (κ2) is 4.21. The van der Waals surface area contributed by atoms with Gasteiger partial charge in [0.2, 0.25) is 0 Å². The van der Waals surface area contributed by atoms with Gasteiger partial charge in [0.15, 0.2) is 0 Å².